The van der Waals surface area contributed by atoms with Crippen LogP contribution in [0, 0.1) is 0 Å². The number of nitrogens with zero attached hydrogens (tertiary/aromatic N) is 1. The second-order valence-corrected chi connectivity index (χ2v) is 9.91. The van der Waals surface area contributed by atoms with E-state index >= 15 is 0 Å². The lowest BCUT2D eigenvalue weighted by molar-refractivity contribution is 0.0723. The number of carbonyl (C=O) groups is 1. The first kappa shape index (κ1) is 23.9. The molecule has 0 aromatic heterocycles. The fraction of sp³-hybridized carbons (Fsp3) is 0.435. The molecule has 2 rings (SSSR count). The van der Waals surface area contributed by atoms with E-state index in [-0.39, 0.29) is 17.1 Å². The summed E-state index contributed by atoms with van der Waals surface area (Å²) in [5, 5.41) is 0. The van der Waals surface area contributed by atoms with Gasteiger partial charge in [0.2, 0.25) is 0 Å². The highest BCUT2D eigenvalue weighted by Gasteiger charge is 2.18. The summed E-state index contributed by atoms with van der Waals surface area (Å²) >= 11 is 0. The normalized spacial score (nSPS) is 11.9. The third-order valence-corrected chi connectivity index (χ3v) is 5.10. The highest BCUT2D eigenvalue weighted by molar-refractivity contribution is 7.86. The summed E-state index contributed by atoms with van der Waals surface area (Å²) in [7, 11) is -1.93. The van der Waals surface area contributed by atoms with Gasteiger partial charge in [-0.3, -0.25) is 4.79 Å². The molecule has 0 unspecified atom stereocenters. The minimum absolute atomic E-state index is 0.0233. The van der Waals surface area contributed by atoms with Crippen molar-refractivity contribution in [3.63, 3.8) is 0 Å². The minimum Gasteiger partial charge on any atom is -0.385 e. The Labute approximate surface area is 179 Å². The summed E-state index contributed by atoms with van der Waals surface area (Å²) in [5.74, 6) is 0.194. The summed E-state index contributed by atoms with van der Waals surface area (Å²) in [6, 6.07) is 14.4. The molecule has 0 spiro atoms. The number of carbonyl (C=O) groups excluding carboxylic acids is 1. The van der Waals surface area contributed by atoms with Crippen molar-refractivity contribution >= 4 is 16.0 Å². The van der Waals surface area contributed by atoms with Gasteiger partial charge in [0.05, 0.1) is 6.26 Å². The second kappa shape index (κ2) is 10.1. The van der Waals surface area contributed by atoms with Crippen molar-refractivity contribution in [2.24, 2.45) is 0 Å². The standard InChI is InChI=1S/C23H31NO5S/c1-23(2,3)20-11-9-19(10-12-20)22(25)24(15-6-16-28-4)17-18-7-13-21(14-8-18)29-30(5,26)27/h7-14H,6,15-17H2,1-5H3. The molecule has 0 radical (unpaired) electrons. The van der Waals surface area contributed by atoms with Crippen molar-refractivity contribution in [1.82, 2.24) is 4.90 Å². The third kappa shape index (κ3) is 7.46. The van der Waals surface area contributed by atoms with Crippen LogP contribution in [0.1, 0.15) is 48.7 Å². The molecule has 0 bridgehead atoms. The molecule has 0 fully saturated rings. The molecule has 30 heavy (non-hydrogen) atoms. The van der Waals surface area contributed by atoms with Gasteiger partial charge in [-0.1, -0.05) is 45.0 Å². The summed E-state index contributed by atoms with van der Waals surface area (Å²) in [4.78, 5) is 14.9. The number of methoxy groups -OCH3 is 1. The average molecular weight is 434 g/mol. The molecule has 2 aromatic rings. The Morgan fingerprint density at radius 2 is 1.60 bits per heavy atom. The molecule has 0 saturated heterocycles. The van der Waals surface area contributed by atoms with E-state index in [1.54, 1.807) is 36.3 Å². The zero-order valence-electron chi connectivity index (χ0n) is 18.3. The van der Waals surface area contributed by atoms with E-state index in [1.165, 1.54) is 5.56 Å². The van der Waals surface area contributed by atoms with E-state index in [9.17, 15) is 13.2 Å². The number of amides is 1. The predicted octanol–water partition coefficient (Wildman–Crippen LogP) is 4.00. The summed E-state index contributed by atoms with van der Waals surface area (Å²) in [5.41, 5.74) is 2.71. The molecule has 0 aliphatic carbocycles. The van der Waals surface area contributed by atoms with E-state index in [0.717, 1.165) is 18.2 Å². The molecule has 0 saturated carbocycles. The molecular weight excluding hydrogens is 402 g/mol. The van der Waals surface area contributed by atoms with Crippen molar-refractivity contribution < 1.29 is 22.1 Å². The second-order valence-electron chi connectivity index (χ2n) is 8.33. The Bertz CT molecular complexity index is 929. The highest BCUT2D eigenvalue weighted by Crippen LogP contribution is 2.23. The molecular formula is C23H31NO5S. The predicted molar refractivity (Wildman–Crippen MR) is 118 cm³/mol. The van der Waals surface area contributed by atoms with Crippen LogP contribution in [0.25, 0.3) is 0 Å². The molecule has 7 heteroatoms. The number of rotatable bonds is 9. The molecule has 0 N–H and O–H groups in total. The SMILES string of the molecule is COCCCN(Cc1ccc(OS(C)(=O)=O)cc1)C(=O)c1ccc(C(C)(C)C)cc1. The maximum Gasteiger partial charge on any atom is 0.306 e. The summed E-state index contributed by atoms with van der Waals surface area (Å²) in [6.07, 6.45) is 1.72. The average Bonchev–Trinajstić information content (AvgIpc) is 2.66. The van der Waals surface area contributed by atoms with Gasteiger partial charge in [0.15, 0.2) is 0 Å². The molecule has 0 aliphatic heterocycles. The lowest BCUT2D eigenvalue weighted by Crippen LogP contribution is -2.32. The quantitative estimate of drug-likeness (QED) is 0.441. The van der Waals surface area contributed by atoms with E-state index in [0.29, 0.717) is 25.3 Å². The van der Waals surface area contributed by atoms with Gasteiger partial charge in [-0.2, -0.15) is 8.42 Å². The monoisotopic (exact) mass is 433 g/mol. The zero-order valence-corrected chi connectivity index (χ0v) is 19.2. The first-order chi connectivity index (χ1) is 14.0. The number of hydrogen-bond acceptors (Lipinski definition) is 5. The molecule has 2 aromatic carbocycles. The first-order valence-electron chi connectivity index (χ1n) is 9.87. The van der Waals surface area contributed by atoms with Crippen LogP contribution in [0.2, 0.25) is 0 Å². The van der Waals surface area contributed by atoms with Crippen molar-refractivity contribution in [1.29, 1.82) is 0 Å². The van der Waals surface area contributed by atoms with Gasteiger partial charge in [0, 0.05) is 32.4 Å². The Hall–Kier alpha value is -2.38. The topological polar surface area (TPSA) is 72.9 Å². The van der Waals surface area contributed by atoms with Crippen LogP contribution >= 0.6 is 0 Å². The van der Waals surface area contributed by atoms with E-state index in [1.807, 2.05) is 24.3 Å². The Morgan fingerprint density at radius 1 is 1.00 bits per heavy atom. The van der Waals surface area contributed by atoms with Crippen LogP contribution in [0.4, 0.5) is 0 Å². The number of hydrogen-bond donors (Lipinski definition) is 0. The lowest BCUT2D eigenvalue weighted by Gasteiger charge is -2.24. The molecule has 0 atom stereocenters. The zero-order chi connectivity index (χ0) is 22.4. The third-order valence-electron chi connectivity index (χ3n) is 4.61. The summed E-state index contributed by atoms with van der Waals surface area (Å²) < 4.78 is 32.5. The van der Waals surface area contributed by atoms with Crippen molar-refractivity contribution in [2.75, 3.05) is 26.5 Å². The van der Waals surface area contributed by atoms with Gasteiger partial charge in [0.25, 0.3) is 5.91 Å². The molecule has 6 nitrogen and oxygen atoms in total. The van der Waals surface area contributed by atoms with Gasteiger partial charge in [0.1, 0.15) is 5.75 Å². The van der Waals surface area contributed by atoms with Crippen LogP contribution in [-0.4, -0.2) is 45.7 Å². The summed E-state index contributed by atoms with van der Waals surface area (Å²) in [6.45, 7) is 7.93. The van der Waals surface area contributed by atoms with Crippen LogP contribution in [0.3, 0.4) is 0 Å². The maximum atomic E-state index is 13.1. The van der Waals surface area contributed by atoms with Crippen LogP contribution in [-0.2, 0) is 26.8 Å². The lowest BCUT2D eigenvalue weighted by atomic mass is 9.86. The van der Waals surface area contributed by atoms with E-state index in [2.05, 4.69) is 20.8 Å². The molecule has 0 aliphatic rings. The Balaban J connectivity index is 2.17. The minimum atomic E-state index is -3.57. The number of benzene rings is 2. The van der Waals surface area contributed by atoms with Crippen molar-refractivity contribution in [3.8, 4) is 5.75 Å². The maximum absolute atomic E-state index is 13.1. The van der Waals surface area contributed by atoms with Gasteiger partial charge in [-0.15, -0.1) is 0 Å². The molecule has 164 valence electrons. The fourth-order valence-corrected chi connectivity index (χ4v) is 3.45. The largest absolute Gasteiger partial charge is 0.385 e. The Kier molecular flexibility index (Phi) is 8.03. The van der Waals surface area contributed by atoms with E-state index < -0.39 is 10.1 Å². The van der Waals surface area contributed by atoms with Crippen molar-refractivity contribution in [3.05, 3.63) is 65.2 Å². The van der Waals surface area contributed by atoms with Crippen LogP contribution < -0.4 is 4.18 Å². The van der Waals surface area contributed by atoms with Crippen molar-refractivity contribution in [2.45, 2.75) is 39.2 Å². The fourth-order valence-electron chi connectivity index (χ4n) is 2.99. The first-order valence-corrected chi connectivity index (χ1v) is 11.7. The van der Waals surface area contributed by atoms with E-state index in [4.69, 9.17) is 8.92 Å². The van der Waals surface area contributed by atoms with Crippen LogP contribution in [0.5, 0.6) is 5.75 Å². The van der Waals surface area contributed by atoms with Gasteiger partial charge in [-0.05, 0) is 47.2 Å². The van der Waals surface area contributed by atoms with Gasteiger partial charge in [-0.25, -0.2) is 0 Å². The van der Waals surface area contributed by atoms with Crippen LogP contribution in [0.15, 0.2) is 48.5 Å². The Morgan fingerprint density at radius 3 is 2.10 bits per heavy atom. The molecule has 1 amide bonds. The van der Waals surface area contributed by atoms with Gasteiger partial charge >= 0.3 is 10.1 Å². The highest BCUT2D eigenvalue weighted by atomic mass is 32.2. The van der Waals surface area contributed by atoms with Gasteiger partial charge < -0.3 is 13.8 Å². The molecule has 0 heterocycles. The smallest absolute Gasteiger partial charge is 0.306 e. The number of ether oxygens (including phenoxy) is 1.